The molecule has 0 atom stereocenters. The van der Waals surface area contributed by atoms with Crippen LogP contribution in [0.3, 0.4) is 0 Å². The first kappa shape index (κ1) is 13.0. The molecule has 19 heavy (non-hydrogen) atoms. The molecule has 1 amide bonds. The first-order valence-corrected chi connectivity index (χ1v) is 5.96. The first-order chi connectivity index (χ1) is 9.20. The first-order valence-electron chi connectivity index (χ1n) is 5.96. The standard InChI is InChI=1S/C14H14FN3O/c1-2-16-13-12(4-3-9-17-13)14(19)18-11-7-5-10(15)6-8-11/h3-9H,2H2,1H3,(H,16,17)(H,18,19). The zero-order chi connectivity index (χ0) is 13.7. The Balaban J connectivity index is 2.18. The van der Waals surface area contributed by atoms with Crippen LogP contribution >= 0.6 is 0 Å². The predicted molar refractivity (Wildman–Crippen MR) is 72.8 cm³/mol. The lowest BCUT2D eigenvalue weighted by Crippen LogP contribution is -2.15. The van der Waals surface area contributed by atoms with E-state index < -0.39 is 0 Å². The van der Waals surface area contributed by atoms with Crippen molar-refractivity contribution in [1.29, 1.82) is 0 Å². The highest BCUT2D eigenvalue weighted by molar-refractivity contribution is 6.07. The number of nitrogens with zero attached hydrogens (tertiary/aromatic N) is 1. The molecule has 0 saturated carbocycles. The minimum atomic E-state index is -0.340. The van der Waals surface area contributed by atoms with E-state index in [-0.39, 0.29) is 11.7 Å². The molecule has 0 aliphatic carbocycles. The lowest BCUT2D eigenvalue weighted by Gasteiger charge is -2.09. The number of carbonyl (C=O) groups excluding carboxylic acids is 1. The number of pyridine rings is 1. The van der Waals surface area contributed by atoms with Gasteiger partial charge in [0, 0.05) is 18.4 Å². The second-order valence-electron chi connectivity index (χ2n) is 3.89. The van der Waals surface area contributed by atoms with Crippen LogP contribution in [0.15, 0.2) is 42.6 Å². The molecule has 0 fully saturated rings. The number of halogens is 1. The SMILES string of the molecule is CCNc1ncccc1C(=O)Nc1ccc(F)cc1. The summed E-state index contributed by atoms with van der Waals surface area (Å²) in [7, 11) is 0. The highest BCUT2D eigenvalue weighted by Gasteiger charge is 2.11. The van der Waals surface area contributed by atoms with Crippen molar-refractivity contribution in [2.45, 2.75) is 6.92 Å². The highest BCUT2D eigenvalue weighted by atomic mass is 19.1. The Hall–Kier alpha value is -2.43. The second-order valence-corrected chi connectivity index (χ2v) is 3.89. The maximum absolute atomic E-state index is 12.8. The minimum Gasteiger partial charge on any atom is -0.370 e. The van der Waals surface area contributed by atoms with Gasteiger partial charge in [0.25, 0.3) is 5.91 Å². The molecule has 1 heterocycles. The number of anilines is 2. The van der Waals surface area contributed by atoms with E-state index in [4.69, 9.17) is 0 Å². The van der Waals surface area contributed by atoms with Gasteiger partial charge in [0.2, 0.25) is 0 Å². The van der Waals surface area contributed by atoms with E-state index in [1.165, 1.54) is 24.3 Å². The van der Waals surface area contributed by atoms with Gasteiger partial charge in [0.05, 0.1) is 5.56 Å². The van der Waals surface area contributed by atoms with Gasteiger partial charge in [-0.1, -0.05) is 0 Å². The van der Waals surface area contributed by atoms with Crippen LogP contribution in [0.25, 0.3) is 0 Å². The number of hydrogen-bond donors (Lipinski definition) is 2. The Bertz CT molecular complexity index is 569. The molecule has 2 rings (SSSR count). The monoisotopic (exact) mass is 259 g/mol. The van der Waals surface area contributed by atoms with Crippen molar-refractivity contribution in [2.24, 2.45) is 0 Å². The molecule has 0 bridgehead atoms. The largest absolute Gasteiger partial charge is 0.370 e. The molecule has 1 aromatic heterocycles. The number of amides is 1. The van der Waals surface area contributed by atoms with Gasteiger partial charge < -0.3 is 10.6 Å². The van der Waals surface area contributed by atoms with E-state index >= 15 is 0 Å². The molecule has 5 heteroatoms. The molecular weight excluding hydrogens is 245 g/mol. The summed E-state index contributed by atoms with van der Waals surface area (Å²) in [6.07, 6.45) is 1.62. The summed E-state index contributed by atoms with van der Waals surface area (Å²) in [6, 6.07) is 8.99. The Morgan fingerprint density at radius 2 is 2.00 bits per heavy atom. The van der Waals surface area contributed by atoms with E-state index in [2.05, 4.69) is 15.6 Å². The zero-order valence-electron chi connectivity index (χ0n) is 10.5. The molecule has 0 aliphatic rings. The minimum absolute atomic E-state index is 0.282. The Morgan fingerprint density at radius 1 is 1.26 bits per heavy atom. The van der Waals surface area contributed by atoms with Gasteiger partial charge in [0.15, 0.2) is 0 Å². The zero-order valence-corrected chi connectivity index (χ0v) is 10.5. The molecule has 0 unspecified atom stereocenters. The van der Waals surface area contributed by atoms with Gasteiger partial charge in [-0.05, 0) is 43.3 Å². The molecule has 1 aromatic carbocycles. The third kappa shape index (κ3) is 3.28. The number of benzene rings is 1. The fraction of sp³-hybridized carbons (Fsp3) is 0.143. The van der Waals surface area contributed by atoms with Gasteiger partial charge in [-0.25, -0.2) is 9.37 Å². The molecule has 98 valence electrons. The fourth-order valence-electron chi connectivity index (χ4n) is 1.63. The second kappa shape index (κ2) is 5.95. The lowest BCUT2D eigenvalue weighted by atomic mass is 10.2. The van der Waals surface area contributed by atoms with Crippen LogP contribution in [-0.4, -0.2) is 17.4 Å². The summed E-state index contributed by atoms with van der Waals surface area (Å²) in [6.45, 7) is 2.60. The van der Waals surface area contributed by atoms with Crippen molar-refractivity contribution >= 4 is 17.4 Å². The van der Waals surface area contributed by atoms with Crippen LogP contribution in [0, 0.1) is 5.82 Å². The van der Waals surface area contributed by atoms with E-state index in [0.29, 0.717) is 23.6 Å². The fourth-order valence-corrected chi connectivity index (χ4v) is 1.63. The summed E-state index contributed by atoms with van der Waals surface area (Å²) in [5.74, 6) is -0.0898. The van der Waals surface area contributed by atoms with Crippen LogP contribution in [-0.2, 0) is 0 Å². The third-order valence-electron chi connectivity index (χ3n) is 2.50. The number of aromatic nitrogens is 1. The Labute approximate surface area is 110 Å². The van der Waals surface area contributed by atoms with E-state index in [1.807, 2.05) is 6.92 Å². The van der Waals surface area contributed by atoms with E-state index in [9.17, 15) is 9.18 Å². The van der Waals surface area contributed by atoms with Crippen LogP contribution in [0.2, 0.25) is 0 Å². The van der Waals surface area contributed by atoms with Crippen LogP contribution < -0.4 is 10.6 Å². The van der Waals surface area contributed by atoms with Gasteiger partial charge >= 0.3 is 0 Å². The number of rotatable bonds is 4. The maximum atomic E-state index is 12.8. The molecular formula is C14H14FN3O. The van der Waals surface area contributed by atoms with Crippen molar-refractivity contribution < 1.29 is 9.18 Å². The number of carbonyl (C=O) groups is 1. The molecule has 0 radical (unpaired) electrons. The summed E-state index contributed by atoms with van der Waals surface area (Å²) >= 11 is 0. The van der Waals surface area contributed by atoms with Crippen molar-refractivity contribution in [3.63, 3.8) is 0 Å². The normalized spacial score (nSPS) is 10.0. The number of nitrogens with one attached hydrogen (secondary N) is 2. The van der Waals surface area contributed by atoms with Crippen LogP contribution in [0.4, 0.5) is 15.9 Å². The van der Waals surface area contributed by atoms with Crippen molar-refractivity contribution in [2.75, 3.05) is 17.2 Å². The van der Waals surface area contributed by atoms with Gasteiger partial charge in [-0.2, -0.15) is 0 Å². The molecule has 2 aromatic rings. The highest BCUT2D eigenvalue weighted by Crippen LogP contribution is 2.15. The van der Waals surface area contributed by atoms with Crippen molar-refractivity contribution in [3.05, 3.63) is 54.0 Å². The van der Waals surface area contributed by atoms with Crippen LogP contribution in [0.5, 0.6) is 0 Å². The lowest BCUT2D eigenvalue weighted by molar-refractivity contribution is 0.102. The van der Waals surface area contributed by atoms with Crippen LogP contribution in [0.1, 0.15) is 17.3 Å². The van der Waals surface area contributed by atoms with Gasteiger partial charge in [0.1, 0.15) is 11.6 Å². The summed E-state index contributed by atoms with van der Waals surface area (Å²) < 4.78 is 12.8. The summed E-state index contributed by atoms with van der Waals surface area (Å²) in [4.78, 5) is 16.2. The quantitative estimate of drug-likeness (QED) is 0.887. The van der Waals surface area contributed by atoms with Crippen molar-refractivity contribution in [3.8, 4) is 0 Å². The molecule has 0 saturated heterocycles. The summed E-state index contributed by atoms with van der Waals surface area (Å²) in [5.41, 5.74) is 0.992. The smallest absolute Gasteiger partial charge is 0.259 e. The number of hydrogen-bond acceptors (Lipinski definition) is 3. The van der Waals surface area contributed by atoms with Crippen molar-refractivity contribution in [1.82, 2.24) is 4.98 Å². The molecule has 2 N–H and O–H groups in total. The van der Waals surface area contributed by atoms with Gasteiger partial charge in [-0.15, -0.1) is 0 Å². The third-order valence-corrected chi connectivity index (χ3v) is 2.50. The Morgan fingerprint density at radius 3 is 2.68 bits per heavy atom. The molecule has 0 aliphatic heterocycles. The average molecular weight is 259 g/mol. The van der Waals surface area contributed by atoms with E-state index in [1.54, 1.807) is 18.3 Å². The van der Waals surface area contributed by atoms with E-state index in [0.717, 1.165) is 0 Å². The Kier molecular flexibility index (Phi) is 4.07. The average Bonchev–Trinajstić information content (AvgIpc) is 2.42. The van der Waals surface area contributed by atoms with Gasteiger partial charge in [-0.3, -0.25) is 4.79 Å². The summed E-state index contributed by atoms with van der Waals surface area (Å²) in [5, 5.41) is 5.72. The topological polar surface area (TPSA) is 54.0 Å². The molecule has 4 nitrogen and oxygen atoms in total. The predicted octanol–water partition coefficient (Wildman–Crippen LogP) is 2.90. The molecule has 0 spiro atoms. The maximum Gasteiger partial charge on any atom is 0.259 e.